The van der Waals surface area contributed by atoms with Gasteiger partial charge in [0.2, 0.25) is 0 Å². The maximum atomic E-state index is 6.92. The van der Waals surface area contributed by atoms with Crippen molar-refractivity contribution in [3.8, 4) is 11.1 Å². The average Bonchev–Trinajstić information content (AvgIpc) is 3.71. The molecule has 55 heavy (non-hydrogen) atoms. The number of fused-ring (bicyclic) bond motifs is 4. The van der Waals surface area contributed by atoms with E-state index in [1.54, 1.807) is 6.49 Å². The molecule has 0 aromatic heterocycles. The molecular weight excluding hydrogens is 810 g/mol. The molecule has 0 spiro atoms. The second-order valence-electron chi connectivity index (χ2n) is 19.6. The van der Waals surface area contributed by atoms with Crippen molar-refractivity contribution >= 4 is 25.6 Å². The molecule has 0 nitrogen and oxygen atoms in total. The van der Waals surface area contributed by atoms with Crippen LogP contribution in [0.15, 0.2) is 113 Å². The van der Waals surface area contributed by atoms with Gasteiger partial charge >= 0.3 is 335 Å². The number of rotatable bonds is 4. The van der Waals surface area contributed by atoms with Gasteiger partial charge in [-0.15, -0.1) is 0 Å². The average molecular weight is 868 g/mol. The number of hydrogen-bond donors (Lipinski definition) is 0. The van der Waals surface area contributed by atoms with Gasteiger partial charge < -0.3 is 24.8 Å². The number of allylic oxidation sites excluding steroid dienone is 4. The summed E-state index contributed by atoms with van der Waals surface area (Å²) in [5, 5.41) is 3.40. The monoisotopic (exact) mass is 864 g/mol. The second kappa shape index (κ2) is 15.7. The minimum atomic E-state index is -3.03. The Bertz CT molecular complexity index is 2270. The zero-order chi connectivity index (χ0) is 38.2. The molecule has 0 fully saturated rings. The van der Waals surface area contributed by atoms with Crippen LogP contribution in [-0.2, 0) is 42.9 Å². The molecule has 0 saturated heterocycles. The molecule has 2 aliphatic carbocycles. The van der Waals surface area contributed by atoms with Crippen molar-refractivity contribution < 1.29 is 46.1 Å². The quantitative estimate of drug-likeness (QED) is 0.170. The Hall–Kier alpha value is -2.54. The Morgan fingerprint density at radius 3 is 1.56 bits per heavy atom. The van der Waals surface area contributed by atoms with Crippen LogP contribution in [0.1, 0.15) is 138 Å². The van der Waals surface area contributed by atoms with Crippen LogP contribution in [0, 0.1) is 0 Å². The summed E-state index contributed by atoms with van der Waals surface area (Å²) in [4.78, 5) is 0. The van der Waals surface area contributed by atoms with Gasteiger partial charge in [-0.1, -0.05) is 0 Å². The predicted octanol–water partition coefficient (Wildman–Crippen LogP) is 8.49. The summed E-state index contributed by atoms with van der Waals surface area (Å²) in [6.07, 6.45) is 8.21. The Morgan fingerprint density at radius 2 is 1.07 bits per heavy atom. The fraction of sp³-hybridized carbons (Fsp3) is 0.353. The molecular formula is C51H57Cl3Zr. The van der Waals surface area contributed by atoms with Crippen LogP contribution in [0.5, 0.6) is 0 Å². The standard InChI is InChI=1S/C29H41.C17H11Cl.C5H5.2ClH.Zr/c1-26(2,3)22-14-18-13-19-15-23(27(4,5)6)25(29(10,11)12)17-21(19)20(18)16-24(22)28(7,8)9;18-16-9-3-5-13(12-16)11-15-8-4-7-14-6-1-2-10-17(14)15;1-2-4-5-3-1;;;/h13-17H,1-12H3;1-10,12H;1-3H,4H2;2*1H;/q;;;;;+2/p-2. The number of benzene rings is 5. The Balaban J connectivity index is 0.00000290. The zero-order valence-corrected chi connectivity index (χ0v) is 39.5. The van der Waals surface area contributed by atoms with Crippen LogP contribution in [0.25, 0.3) is 21.9 Å². The van der Waals surface area contributed by atoms with Crippen LogP contribution < -0.4 is 24.8 Å². The van der Waals surface area contributed by atoms with Crippen molar-refractivity contribution in [2.24, 2.45) is 0 Å². The van der Waals surface area contributed by atoms with E-state index in [2.05, 4.69) is 186 Å². The predicted molar refractivity (Wildman–Crippen MR) is 229 cm³/mol. The maximum Gasteiger partial charge on any atom is -1.00 e. The van der Waals surface area contributed by atoms with Crippen LogP contribution in [0.3, 0.4) is 0 Å². The van der Waals surface area contributed by atoms with Crippen LogP contribution in [0.2, 0.25) is 5.02 Å². The van der Waals surface area contributed by atoms with Crippen molar-refractivity contribution in [1.29, 1.82) is 0 Å². The summed E-state index contributed by atoms with van der Waals surface area (Å²) in [6.45, 7) is 28.8. The molecule has 5 aromatic rings. The second-order valence-corrected chi connectivity index (χ2v) is 26.2. The van der Waals surface area contributed by atoms with Gasteiger partial charge in [0.1, 0.15) is 0 Å². The third-order valence-electron chi connectivity index (χ3n) is 11.4. The Kier molecular flexibility index (Phi) is 12.4. The summed E-state index contributed by atoms with van der Waals surface area (Å²) < 4.78 is 3.49. The molecule has 286 valence electrons. The van der Waals surface area contributed by atoms with Crippen LogP contribution >= 0.6 is 11.6 Å². The van der Waals surface area contributed by atoms with Gasteiger partial charge in [0.05, 0.1) is 0 Å². The van der Waals surface area contributed by atoms with Gasteiger partial charge in [-0.3, -0.25) is 0 Å². The van der Waals surface area contributed by atoms with Crippen LogP contribution in [0.4, 0.5) is 0 Å². The van der Waals surface area contributed by atoms with Gasteiger partial charge in [0.15, 0.2) is 0 Å². The molecule has 0 aliphatic heterocycles. The van der Waals surface area contributed by atoms with E-state index in [1.807, 2.05) is 6.07 Å². The van der Waals surface area contributed by atoms with Gasteiger partial charge in [-0.25, -0.2) is 0 Å². The summed E-state index contributed by atoms with van der Waals surface area (Å²) in [6, 6.07) is 35.2. The van der Waals surface area contributed by atoms with Gasteiger partial charge in [0.25, 0.3) is 0 Å². The Labute approximate surface area is 356 Å². The van der Waals surface area contributed by atoms with E-state index in [9.17, 15) is 0 Å². The van der Waals surface area contributed by atoms with E-state index in [-0.39, 0.29) is 46.5 Å². The van der Waals surface area contributed by atoms with Gasteiger partial charge in [0, 0.05) is 0 Å². The fourth-order valence-corrected chi connectivity index (χ4v) is 18.0. The van der Waals surface area contributed by atoms with E-state index in [1.165, 1.54) is 66.4 Å². The molecule has 0 N–H and O–H groups in total. The molecule has 7 rings (SSSR count). The van der Waals surface area contributed by atoms with Crippen molar-refractivity contribution in [3.05, 3.63) is 162 Å². The van der Waals surface area contributed by atoms with E-state index >= 15 is 0 Å². The molecule has 0 unspecified atom stereocenters. The molecule has 4 heteroatoms. The first-order valence-corrected chi connectivity index (χ1v) is 23.7. The Morgan fingerprint density at radius 1 is 0.582 bits per heavy atom. The minimum absolute atomic E-state index is 0. The van der Waals surface area contributed by atoms with E-state index in [4.69, 9.17) is 11.6 Å². The van der Waals surface area contributed by atoms with Crippen molar-refractivity contribution in [1.82, 2.24) is 0 Å². The minimum Gasteiger partial charge on any atom is -1.00 e. The summed E-state index contributed by atoms with van der Waals surface area (Å²) in [5.41, 5.74) is 14.5. The molecule has 5 aromatic carbocycles. The summed E-state index contributed by atoms with van der Waals surface area (Å²) in [5.74, 6) is 0. The molecule has 0 radical (unpaired) electrons. The first-order valence-electron chi connectivity index (χ1n) is 19.5. The first-order chi connectivity index (χ1) is 24.7. The SMILES string of the molecule is CC(C)(C)c1cc2c(cc1C(C)(C)C)[CH](/[Zr+2]([C]1=CC=CC1)=[C](/c1cccc(Cl)c1)c1cccc3ccccc13)c1cc(C(C)(C)C)c(C(C)(C)C)cc1-2.[Cl-].[Cl-]. The molecule has 0 bridgehead atoms. The molecule has 0 heterocycles. The first kappa shape index (κ1) is 43.6. The van der Waals surface area contributed by atoms with Crippen molar-refractivity contribution in [2.45, 2.75) is 115 Å². The normalized spacial score (nSPS) is 14.6. The molecule has 0 atom stereocenters. The maximum absolute atomic E-state index is 6.92. The van der Waals surface area contributed by atoms with E-state index in [0.717, 1.165) is 11.4 Å². The number of hydrogen-bond acceptors (Lipinski definition) is 0. The van der Waals surface area contributed by atoms with E-state index < -0.39 is 21.3 Å². The van der Waals surface area contributed by atoms with E-state index in [0.29, 0.717) is 3.63 Å². The fourth-order valence-electron chi connectivity index (χ4n) is 8.82. The molecule has 2 aliphatic rings. The molecule has 0 saturated carbocycles. The molecule has 0 amide bonds. The largest absolute Gasteiger partial charge is 1.00 e. The zero-order valence-electron chi connectivity index (χ0n) is 34.8. The van der Waals surface area contributed by atoms with Gasteiger partial charge in [-0.05, 0) is 0 Å². The smallest absolute Gasteiger partial charge is 1.00 e. The van der Waals surface area contributed by atoms with Crippen molar-refractivity contribution in [2.75, 3.05) is 0 Å². The third kappa shape index (κ3) is 8.26. The van der Waals surface area contributed by atoms with Crippen molar-refractivity contribution in [3.63, 3.8) is 0 Å². The third-order valence-corrected chi connectivity index (χ3v) is 19.9. The topological polar surface area (TPSA) is 0 Å². The van der Waals surface area contributed by atoms with Gasteiger partial charge in [-0.2, -0.15) is 0 Å². The number of halogens is 3. The van der Waals surface area contributed by atoms with Crippen LogP contribution in [-0.4, -0.2) is 3.21 Å². The summed E-state index contributed by atoms with van der Waals surface area (Å²) in [7, 11) is 0. The summed E-state index contributed by atoms with van der Waals surface area (Å²) >= 11 is 3.90.